The van der Waals surface area contributed by atoms with Gasteiger partial charge in [0.1, 0.15) is 10.0 Å². The van der Waals surface area contributed by atoms with Crippen LogP contribution in [0.1, 0.15) is 49.0 Å². The minimum atomic E-state index is -0.124. The van der Waals surface area contributed by atoms with Crippen LogP contribution in [0.4, 0.5) is 5.00 Å². The van der Waals surface area contributed by atoms with Gasteiger partial charge in [-0.05, 0) is 87.4 Å². The monoisotopic (exact) mass is 463 g/mol. The highest BCUT2D eigenvalue weighted by molar-refractivity contribution is 7.22. The van der Waals surface area contributed by atoms with Crippen molar-refractivity contribution in [2.45, 2.75) is 51.5 Å². The third kappa shape index (κ3) is 3.02. The molecule has 1 aromatic carbocycles. The average Bonchev–Trinajstić information content (AvgIpc) is 3.32. The summed E-state index contributed by atoms with van der Waals surface area (Å²) in [6.07, 6.45) is 8.44. The Kier molecular flexibility index (Phi) is 4.38. The molecule has 166 valence electrons. The van der Waals surface area contributed by atoms with E-state index in [4.69, 9.17) is 4.98 Å². The first-order valence-electron chi connectivity index (χ1n) is 12.1. The fourth-order valence-electron chi connectivity index (χ4n) is 7.45. The lowest BCUT2D eigenvalue weighted by Gasteiger charge is -2.55. The Morgan fingerprint density at radius 1 is 1.09 bits per heavy atom. The zero-order valence-electron chi connectivity index (χ0n) is 18.5. The maximum atomic E-state index is 13.9. The molecule has 4 fully saturated rings. The van der Waals surface area contributed by atoms with Gasteiger partial charge in [-0.25, -0.2) is 4.98 Å². The van der Waals surface area contributed by atoms with Crippen LogP contribution in [-0.2, 0) is 17.8 Å². The number of thiophene rings is 1. The van der Waals surface area contributed by atoms with Gasteiger partial charge in [-0.3, -0.25) is 4.79 Å². The van der Waals surface area contributed by atoms with Crippen LogP contribution in [0.15, 0.2) is 24.3 Å². The summed E-state index contributed by atoms with van der Waals surface area (Å²) in [5.41, 5.74) is 3.55. The average molecular weight is 464 g/mol. The number of benzene rings is 1. The van der Waals surface area contributed by atoms with Gasteiger partial charge in [0.2, 0.25) is 5.91 Å². The molecule has 3 aromatic rings. The lowest BCUT2D eigenvalue weighted by atomic mass is 9.49. The summed E-state index contributed by atoms with van der Waals surface area (Å²) < 4.78 is 1.22. The van der Waals surface area contributed by atoms with E-state index in [0.29, 0.717) is 5.91 Å². The number of thiazole rings is 1. The van der Waals surface area contributed by atoms with Gasteiger partial charge in [0.25, 0.3) is 0 Å². The first-order chi connectivity index (χ1) is 15.6. The molecule has 1 N–H and O–H groups in total. The van der Waals surface area contributed by atoms with Crippen LogP contribution < -0.4 is 5.32 Å². The largest absolute Gasteiger partial charge is 0.317 e. The first kappa shape index (κ1) is 19.7. The van der Waals surface area contributed by atoms with E-state index in [-0.39, 0.29) is 5.41 Å². The molecule has 0 spiro atoms. The van der Waals surface area contributed by atoms with E-state index >= 15 is 0 Å². The van der Waals surface area contributed by atoms with Gasteiger partial charge >= 0.3 is 0 Å². The standard InChI is InChI=1S/C26H29N3OS2/c1-29-7-6-18-21(14-29)32-24(22(18)23-27-19-4-2-3-5-20(19)31-23)28-25(30)26-11-15-8-16(12-26)10-17(9-15)13-26/h2-5,15-17H,6-14H2,1H3,(H,28,30). The van der Waals surface area contributed by atoms with E-state index in [1.807, 2.05) is 0 Å². The summed E-state index contributed by atoms with van der Waals surface area (Å²) in [5, 5.41) is 5.62. The predicted octanol–water partition coefficient (Wildman–Crippen LogP) is 6.17. The van der Waals surface area contributed by atoms with Crippen LogP contribution in [0.3, 0.4) is 0 Å². The maximum Gasteiger partial charge on any atom is 0.231 e. The van der Waals surface area contributed by atoms with E-state index in [0.717, 1.165) is 72.1 Å². The van der Waals surface area contributed by atoms with E-state index in [9.17, 15) is 4.79 Å². The number of likely N-dealkylation sites (N-methyl/N-ethyl adjacent to an activating group) is 1. The molecule has 4 nitrogen and oxygen atoms in total. The molecule has 2 aromatic heterocycles. The molecule has 1 amide bonds. The third-order valence-electron chi connectivity index (χ3n) is 8.50. The zero-order chi connectivity index (χ0) is 21.4. The summed E-state index contributed by atoms with van der Waals surface area (Å²) >= 11 is 3.56. The van der Waals surface area contributed by atoms with Crippen LogP contribution in [0.5, 0.6) is 0 Å². The number of nitrogens with one attached hydrogen (secondary N) is 1. The van der Waals surface area contributed by atoms with Crippen LogP contribution in [0.2, 0.25) is 0 Å². The van der Waals surface area contributed by atoms with Crippen molar-refractivity contribution < 1.29 is 4.79 Å². The SMILES string of the molecule is CN1CCc2c(sc(NC(=O)C34CC5CC(CC(C5)C3)C4)c2-c2nc3ccccc3s2)C1. The molecule has 8 rings (SSSR count). The number of fused-ring (bicyclic) bond motifs is 2. The normalized spacial score (nSPS) is 31.2. The van der Waals surface area contributed by atoms with E-state index < -0.39 is 0 Å². The summed E-state index contributed by atoms with van der Waals surface area (Å²) in [6.45, 7) is 2.02. The van der Waals surface area contributed by atoms with Gasteiger partial charge in [0.15, 0.2) is 0 Å². The van der Waals surface area contributed by atoms with Crippen LogP contribution in [0.25, 0.3) is 20.8 Å². The quantitative estimate of drug-likeness (QED) is 0.505. The lowest BCUT2D eigenvalue weighted by Crippen LogP contribution is -2.51. The van der Waals surface area contributed by atoms with Crippen molar-refractivity contribution in [3.05, 3.63) is 34.7 Å². The Labute approximate surface area is 197 Å². The van der Waals surface area contributed by atoms with Crippen molar-refractivity contribution in [2.75, 3.05) is 18.9 Å². The van der Waals surface area contributed by atoms with Crippen LogP contribution >= 0.6 is 22.7 Å². The van der Waals surface area contributed by atoms with Gasteiger partial charge < -0.3 is 10.2 Å². The molecule has 5 aliphatic rings. The first-order valence-corrected chi connectivity index (χ1v) is 13.7. The second-order valence-electron chi connectivity index (χ2n) is 10.8. The molecule has 6 heteroatoms. The Balaban J connectivity index is 1.29. The topological polar surface area (TPSA) is 45.2 Å². The molecule has 1 aliphatic heterocycles. The van der Waals surface area contributed by atoms with E-state index in [1.54, 1.807) is 22.7 Å². The second-order valence-corrected chi connectivity index (χ2v) is 13.0. The molecule has 0 saturated heterocycles. The number of para-hydroxylation sites is 1. The van der Waals surface area contributed by atoms with Gasteiger partial charge in [-0.2, -0.15) is 0 Å². The lowest BCUT2D eigenvalue weighted by molar-refractivity contribution is -0.140. The highest BCUT2D eigenvalue weighted by atomic mass is 32.1. The number of carbonyl (C=O) groups is 1. The van der Waals surface area contributed by atoms with Crippen LogP contribution in [-0.4, -0.2) is 29.4 Å². The fraction of sp³-hybridized carbons (Fsp3) is 0.538. The number of amides is 1. The van der Waals surface area contributed by atoms with Crippen molar-refractivity contribution in [1.82, 2.24) is 9.88 Å². The van der Waals surface area contributed by atoms with E-state index in [2.05, 4.69) is 41.5 Å². The number of hydrogen-bond acceptors (Lipinski definition) is 5. The van der Waals surface area contributed by atoms with Gasteiger partial charge in [-0.15, -0.1) is 22.7 Å². The number of aromatic nitrogens is 1. The van der Waals surface area contributed by atoms with E-state index in [1.165, 1.54) is 40.0 Å². The number of hydrogen-bond donors (Lipinski definition) is 1. The molecule has 32 heavy (non-hydrogen) atoms. The Hall–Kier alpha value is -1.76. The molecule has 4 saturated carbocycles. The van der Waals surface area contributed by atoms with Crippen molar-refractivity contribution in [3.63, 3.8) is 0 Å². The molecular weight excluding hydrogens is 434 g/mol. The minimum absolute atomic E-state index is 0.124. The Morgan fingerprint density at radius 2 is 1.81 bits per heavy atom. The van der Waals surface area contributed by atoms with Gasteiger partial charge in [-0.1, -0.05) is 12.1 Å². The summed E-state index contributed by atoms with van der Waals surface area (Å²) in [5.74, 6) is 2.63. The van der Waals surface area contributed by atoms with Crippen molar-refractivity contribution in [3.8, 4) is 10.6 Å². The molecule has 0 radical (unpaired) electrons. The summed E-state index contributed by atoms with van der Waals surface area (Å²) in [4.78, 5) is 22.6. The highest BCUT2D eigenvalue weighted by Crippen LogP contribution is 2.60. The smallest absolute Gasteiger partial charge is 0.231 e. The Morgan fingerprint density at radius 3 is 2.53 bits per heavy atom. The highest BCUT2D eigenvalue weighted by Gasteiger charge is 2.54. The molecule has 4 aliphatic carbocycles. The van der Waals surface area contributed by atoms with Crippen molar-refractivity contribution in [1.29, 1.82) is 0 Å². The Bertz CT molecular complexity index is 1160. The fourth-order valence-corrected chi connectivity index (χ4v) is 9.88. The van der Waals surface area contributed by atoms with Gasteiger partial charge in [0.05, 0.1) is 15.6 Å². The van der Waals surface area contributed by atoms with Gasteiger partial charge in [0, 0.05) is 23.5 Å². The molecular formula is C26H29N3OS2. The van der Waals surface area contributed by atoms with Crippen LogP contribution in [0, 0.1) is 23.2 Å². The minimum Gasteiger partial charge on any atom is -0.317 e. The molecule has 0 atom stereocenters. The van der Waals surface area contributed by atoms with Crippen molar-refractivity contribution in [2.24, 2.45) is 23.2 Å². The predicted molar refractivity (Wildman–Crippen MR) is 132 cm³/mol. The molecule has 4 bridgehead atoms. The third-order valence-corrected chi connectivity index (χ3v) is 10.7. The zero-order valence-corrected chi connectivity index (χ0v) is 20.2. The molecule has 0 unspecified atom stereocenters. The summed E-state index contributed by atoms with van der Waals surface area (Å²) in [6, 6.07) is 8.38. The summed E-state index contributed by atoms with van der Waals surface area (Å²) in [7, 11) is 2.19. The maximum absolute atomic E-state index is 13.9. The number of carbonyl (C=O) groups excluding carboxylic acids is 1. The van der Waals surface area contributed by atoms with Crippen molar-refractivity contribution >= 4 is 43.8 Å². The number of rotatable bonds is 3. The number of anilines is 1. The number of nitrogens with zero attached hydrogens (tertiary/aromatic N) is 2. The second kappa shape index (κ2) is 7.12. The molecule has 3 heterocycles.